The Bertz CT molecular complexity index is 2920. The molecule has 4 heterocycles. The van der Waals surface area contributed by atoms with Crippen molar-refractivity contribution >= 4 is 76.2 Å². The van der Waals surface area contributed by atoms with Gasteiger partial charge in [0.1, 0.15) is 31.1 Å². The maximum absolute atomic E-state index is 14.1. The lowest BCUT2D eigenvalue weighted by atomic mass is 10.1. The van der Waals surface area contributed by atoms with Crippen molar-refractivity contribution < 1.29 is 47.7 Å². The second-order valence-corrected chi connectivity index (χ2v) is 18.5. The van der Waals surface area contributed by atoms with Gasteiger partial charge in [0.15, 0.2) is 23.0 Å². The molecule has 4 aliphatic rings. The lowest BCUT2D eigenvalue weighted by Crippen LogP contribution is -2.50. The first-order valence-electron chi connectivity index (χ1n) is 24.5. The van der Waals surface area contributed by atoms with Crippen LogP contribution in [0.1, 0.15) is 95.8 Å². The number of ether oxygens (including phenoxy) is 4. The maximum Gasteiger partial charge on any atom is 0.261 e. The number of methoxy groups -OCH3 is 2. The van der Waals surface area contributed by atoms with Crippen molar-refractivity contribution in [3.05, 3.63) is 124 Å². The maximum atomic E-state index is 14.1. The average molecular weight is 988 g/mol. The van der Waals surface area contributed by atoms with E-state index in [4.69, 9.17) is 28.9 Å². The Morgan fingerprint density at radius 3 is 1.63 bits per heavy atom. The van der Waals surface area contributed by atoms with Crippen molar-refractivity contribution in [1.82, 2.24) is 10.6 Å². The van der Waals surface area contributed by atoms with Crippen molar-refractivity contribution in [3.8, 4) is 23.0 Å². The van der Waals surface area contributed by atoms with E-state index in [0.717, 1.165) is 22.5 Å². The van der Waals surface area contributed by atoms with Gasteiger partial charge in [0.05, 0.1) is 48.8 Å². The van der Waals surface area contributed by atoms with Crippen LogP contribution in [0.5, 0.6) is 23.0 Å². The van der Waals surface area contributed by atoms with Crippen molar-refractivity contribution in [2.75, 3.05) is 29.3 Å². The number of nitrogens with one attached hydrogen (secondary N) is 3. The Labute approximate surface area is 423 Å². The molecule has 0 bridgehead atoms. The first-order valence-corrected chi connectivity index (χ1v) is 24.5. The lowest BCUT2D eigenvalue weighted by Gasteiger charge is -2.22. The van der Waals surface area contributed by atoms with Gasteiger partial charge in [-0.2, -0.15) is 0 Å². The number of Topliss-reactive ketones (excluding diaryl/α,β-unsaturated/α-hetero) is 1. The predicted octanol–water partition coefficient (Wildman–Crippen LogP) is 7.92. The molecular formula is C56H57N7O10. The smallest absolute Gasteiger partial charge is 0.261 e. The van der Waals surface area contributed by atoms with Gasteiger partial charge in [-0.25, -0.2) is 0 Å². The Hall–Kier alpha value is -8.34. The molecule has 17 heteroatoms. The van der Waals surface area contributed by atoms with Crippen LogP contribution in [0.3, 0.4) is 0 Å². The van der Waals surface area contributed by atoms with Gasteiger partial charge in [-0.15, -0.1) is 0 Å². The summed E-state index contributed by atoms with van der Waals surface area (Å²) >= 11 is 0. The number of rotatable bonds is 19. The zero-order chi connectivity index (χ0) is 51.3. The van der Waals surface area contributed by atoms with E-state index in [9.17, 15) is 28.8 Å². The van der Waals surface area contributed by atoms with E-state index in [2.05, 4.69) is 16.0 Å². The minimum atomic E-state index is -1.01. The SMILES string of the molecule is CCC(=O)CCCCC(=O)NC(C)C(=O)NC(C)C(=O)Nc1cc(COc2cc3c(cc2OC)C(=O)N2c4ccccc4CC2C=N3)cc(COc2cc3c(cc2OC)C(=O)N2c4ccccc4CC2C=N3)c1. The molecule has 0 saturated carbocycles. The summed E-state index contributed by atoms with van der Waals surface area (Å²) in [6.07, 6.45) is 6.99. The molecule has 0 spiro atoms. The highest BCUT2D eigenvalue weighted by Crippen LogP contribution is 2.43. The van der Waals surface area contributed by atoms with Gasteiger partial charge in [0.25, 0.3) is 11.8 Å². The number of ketones is 1. The molecule has 0 aromatic heterocycles. The highest BCUT2D eigenvalue weighted by molar-refractivity contribution is 6.16. The average Bonchev–Trinajstić information content (AvgIpc) is 3.89. The van der Waals surface area contributed by atoms with Crippen molar-refractivity contribution in [3.63, 3.8) is 0 Å². The molecule has 4 atom stereocenters. The fourth-order valence-corrected chi connectivity index (χ4v) is 9.52. The molecule has 376 valence electrons. The van der Waals surface area contributed by atoms with Crippen LogP contribution in [0.25, 0.3) is 0 Å². The molecule has 5 aromatic carbocycles. The number of amides is 5. The molecule has 0 saturated heterocycles. The molecule has 9 rings (SSSR count). The molecule has 5 amide bonds. The van der Waals surface area contributed by atoms with E-state index < -0.39 is 23.9 Å². The molecule has 4 unspecified atom stereocenters. The van der Waals surface area contributed by atoms with Gasteiger partial charge in [-0.1, -0.05) is 43.3 Å². The molecule has 73 heavy (non-hydrogen) atoms. The third-order valence-electron chi connectivity index (χ3n) is 13.4. The third kappa shape index (κ3) is 10.7. The van der Waals surface area contributed by atoms with E-state index in [1.165, 1.54) is 28.1 Å². The van der Waals surface area contributed by atoms with Crippen LogP contribution in [0.4, 0.5) is 28.4 Å². The van der Waals surface area contributed by atoms with Crippen LogP contribution in [0, 0.1) is 0 Å². The number of nitrogens with zero attached hydrogens (tertiary/aromatic N) is 4. The molecule has 4 aliphatic heterocycles. The van der Waals surface area contributed by atoms with E-state index >= 15 is 0 Å². The highest BCUT2D eigenvalue weighted by Gasteiger charge is 2.38. The van der Waals surface area contributed by atoms with Crippen LogP contribution >= 0.6 is 0 Å². The van der Waals surface area contributed by atoms with Crippen LogP contribution in [0.2, 0.25) is 0 Å². The standard InChI is InChI=1S/C56H57N7O10/c1-6-41(64)15-9-12-18-52(65)59-32(2)53(66)60-33(3)54(67)61-38-20-34(30-72-50-26-44-42(24-48(50)70-4)55(68)62-39(28-57-44)22-36-13-7-10-16-46(36)62)19-35(21-38)31-73-51-27-45-43(25-49(51)71-5)56(69)63-40(29-58-45)23-37-14-8-11-17-47(37)63/h7-8,10-11,13-14,16-17,19-21,24-29,32-33,39-40H,6,9,12,15,18,22-23,30-31H2,1-5H3,(H,59,65)(H,60,66)(H,61,67). The number of para-hydroxylation sites is 2. The second kappa shape index (κ2) is 21.6. The normalized spacial score (nSPS) is 16.6. The fourth-order valence-electron chi connectivity index (χ4n) is 9.52. The van der Waals surface area contributed by atoms with E-state index in [1.54, 1.807) is 65.6 Å². The minimum absolute atomic E-state index is 0.0240. The zero-order valence-corrected chi connectivity index (χ0v) is 41.4. The summed E-state index contributed by atoms with van der Waals surface area (Å²) in [7, 11) is 2.99. The van der Waals surface area contributed by atoms with Gasteiger partial charge in [0.2, 0.25) is 17.7 Å². The molecule has 3 N–H and O–H groups in total. The lowest BCUT2D eigenvalue weighted by molar-refractivity contribution is -0.130. The van der Waals surface area contributed by atoms with Gasteiger partial charge in [0, 0.05) is 73.7 Å². The summed E-state index contributed by atoms with van der Waals surface area (Å²) in [4.78, 5) is 92.2. The number of unbranched alkanes of at least 4 members (excludes halogenated alkanes) is 1. The fraction of sp³-hybridized carbons (Fsp3) is 0.321. The third-order valence-corrected chi connectivity index (χ3v) is 13.4. The van der Waals surface area contributed by atoms with Gasteiger partial charge < -0.3 is 34.9 Å². The van der Waals surface area contributed by atoms with Crippen LogP contribution < -0.4 is 44.7 Å². The molecule has 17 nitrogen and oxygen atoms in total. The number of anilines is 3. The van der Waals surface area contributed by atoms with Crippen LogP contribution in [-0.4, -0.2) is 86.1 Å². The molecule has 0 radical (unpaired) electrons. The Morgan fingerprint density at radius 1 is 0.630 bits per heavy atom. The van der Waals surface area contributed by atoms with Crippen molar-refractivity contribution in [1.29, 1.82) is 0 Å². The van der Waals surface area contributed by atoms with Crippen LogP contribution in [-0.2, 0) is 45.2 Å². The monoisotopic (exact) mass is 987 g/mol. The predicted molar refractivity (Wildman–Crippen MR) is 276 cm³/mol. The van der Waals surface area contributed by atoms with Crippen molar-refractivity contribution in [2.45, 2.75) is 103 Å². The number of carbonyl (C=O) groups is 6. The molecule has 5 aromatic rings. The summed E-state index contributed by atoms with van der Waals surface area (Å²) in [5, 5.41) is 8.25. The number of aliphatic imine (C=N–C) groups is 2. The van der Waals surface area contributed by atoms with Gasteiger partial charge in [-0.3, -0.25) is 48.6 Å². The van der Waals surface area contributed by atoms with E-state index in [1.807, 2.05) is 54.6 Å². The Morgan fingerprint density at radius 2 is 1.12 bits per heavy atom. The number of hydrogen-bond donors (Lipinski definition) is 3. The number of benzene rings is 5. The quantitative estimate of drug-likeness (QED) is 0.0682. The number of fused-ring (bicyclic) bond motifs is 8. The Kier molecular flexibility index (Phi) is 14.7. The van der Waals surface area contributed by atoms with Gasteiger partial charge in [-0.05, 0) is 91.4 Å². The Balaban J connectivity index is 0.934. The molecular weight excluding hydrogens is 931 g/mol. The van der Waals surface area contributed by atoms with Gasteiger partial charge >= 0.3 is 0 Å². The largest absolute Gasteiger partial charge is 0.493 e. The summed E-state index contributed by atoms with van der Waals surface area (Å²) in [5.74, 6) is -0.372. The summed E-state index contributed by atoms with van der Waals surface area (Å²) < 4.78 is 24.3. The summed E-state index contributed by atoms with van der Waals surface area (Å²) in [5.41, 5.74) is 7.02. The number of carbonyl (C=O) groups excluding carboxylic acids is 6. The summed E-state index contributed by atoms with van der Waals surface area (Å²) in [6, 6.07) is 25.1. The number of hydrogen-bond acceptors (Lipinski definition) is 12. The summed E-state index contributed by atoms with van der Waals surface area (Å²) in [6.45, 7) is 4.82. The van der Waals surface area contributed by atoms with E-state index in [0.29, 0.717) is 101 Å². The second-order valence-electron chi connectivity index (χ2n) is 18.5. The zero-order valence-electron chi connectivity index (χ0n) is 41.4. The molecule has 0 fully saturated rings. The van der Waals surface area contributed by atoms with Crippen molar-refractivity contribution in [2.24, 2.45) is 9.98 Å². The highest BCUT2D eigenvalue weighted by atomic mass is 16.5. The first-order chi connectivity index (χ1) is 35.3. The molecule has 0 aliphatic carbocycles. The first kappa shape index (κ1) is 49.6. The van der Waals surface area contributed by atoms with Crippen LogP contribution in [0.15, 0.2) is 101 Å². The van der Waals surface area contributed by atoms with E-state index in [-0.39, 0.29) is 55.2 Å². The minimum Gasteiger partial charge on any atom is -0.493 e. The topological polar surface area (TPSA) is 207 Å².